The Labute approximate surface area is 173 Å². The van der Waals surface area contributed by atoms with Crippen LogP contribution in [0.3, 0.4) is 0 Å². The molecule has 1 heterocycles. The highest BCUT2D eigenvalue weighted by atomic mass is 32.1. The molecule has 154 valence electrons. The van der Waals surface area contributed by atoms with Crippen LogP contribution in [0.25, 0.3) is 4.85 Å². The molecular weight excluding hydrogens is 422 g/mol. The van der Waals surface area contributed by atoms with Gasteiger partial charge in [0.2, 0.25) is 0 Å². The smallest absolute Gasteiger partial charge is 0.407 e. The number of phenols is 1. The van der Waals surface area contributed by atoms with Gasteiger partial charge in [0.05, 0.1) is 17.8 Å². The number of anilines is 2. The fourth-order valence-electron chi connectivity index (χ4n) is 3.85. The molecule has 0 atom stereocenters. The molecule has 10 heteroatoms. The zero-order chi connectivity index (χ0) is 21.8. The van der Waals surface area contributed by atoms with Crippen LogP contribution in [0, 0.1) is 12.4 Å². The quantitative estimate of drug-likeness (QED) is 0.402. The molecule has 1 aliphatic carbocycles. The number of benzene rings is 2. The Balaban J connectivity index is 1.84. The third kappa shape index (κ3) is 2.81. The lowest BCUT2D eigenvalue weighted by Gasteiger charge is -2.43. The van der Waals surface area contributed by atoms with Crippen LogP contribution in [0.4, 0.5) is 34.6 Å². The van der Waals surface area contributed by atoms with Crippen LogP contribution < -0.4 is 9.80 Å². The molecule has 1 spiro atoms. The van der Waals surface area contributed by atoms with E-state index < -0.39 is 34.7 Å². The molecule has 2 aromatic rings. The number of alkyl halides is 3. The van der Waals surface area contributed by atoms with Crippen LogP contribution in [0.2, 0.25) is 0 Å². The number of thiocarbonyl (C=S) groups is 1. The normalized spacial score (nSPS) is 18.0. The molecular formula is C20H13F4N3O2S. The molecule has 0 unspecified atom stereocenters. The minimum absolute atomic E-state index is 0.0397. The first-order valence-electron chi connectivity index (χ1n) is 8.86. The molecule has 1 saturated carbocycles. The summed E-state index contributed by atoms with van der Waals surface area (Å²) in [5, 5.41) is 9.33. The number of carbonyl (C=O) groups excluding carboxylic acids is 1. The van der Waals surface area contributed by atoms with Crippen molar-refractivity contribution in [2.45, 2.75) is 31.0 Å². The summed E-state index contributed by atoms with van der Waals surface area (Å²) in [6.07, 6.45) is -3.41. The van der Waals surface area contributed by atoms with E-state index in [1.54, 1.807) is 0 Å². The maximum atomic E-state index is 14.6. The van der Waals surface area contributed by atoms with Crippen molar-refractivity contribution in [2.24, 2.45) is 0 Å². The number of hydrogen-bond donors (Lipinski definition) is 1. The molecule has 0 bridgehead atoms. The SMILES string of the molecule is [C-]#[N+]c1ccc(N2C(=O)C3(CCC3)N(c3ccc(O)cc3F)C2=S)cc1C(F)(F)F. The second-order valence-corrected chi connectivity index (χ2v) is 7.46. The Hall–Kier alpha value is -3.19. The lowest BCUT2D eigenvalue weighted by atomic mass is 9.75. The predicted octanol–water partition coefficient (Wildman–Crippen LogP) is 5.16. The summed E-state index contributed by atoms with van der Waals surface area (Å²) in [4.78, 5) is 18.5. The Morgan fingerprint density at radius 2 is 1.87 bits per heavy atom. The second-order valence-electron chi connectivity index (χ2n) is 7.09. The molecule has 0 radical (unpaired) electrons. The van der Waals surface area contributed by atoms with E-state index in [1.165, 1.54) is 23.1 Å². The van der Waals surface area contributed by atoms with Gasteiger partial charge in [-0.2, -0.15) is 13.2 Å². The summed E-state index contributed by atoms with van der Waals surface area (Å²) >= 11 is 5.40. The van der Waals surface area contributed by atoms with Gasteiger partial charge in [0.15, 0.2) is 16.6 Å². The van der Waals surface area contributed by atoms with Gasteiger partial charge >= 0.3 is 6.18 Å². The molecule has 1 aliphatic heterocycles. The average Bonchev–Trinajstić information content (AvgIpc) is 2.87. The Morgan fingerprint density at radius 3 is 2.40 bits per heavy atom. The summed E-state index contributed by atoms with van der Waals surface area (Å²) in [5.41, 5.74) is -3.14. The van der Waals surface area contributed by atoms with Crippen molar-refractivity contribution >= 4 is 40.3 Å². The van der Waals surface area contributed by atoms with E-state index in [1.807, 2.05) is 0 Å². The molecule has 1 amide bonds. The van der Waals surface area contributed by atoms with E-state index in [9.17, 15) is 27.5 Å². The van der Waals surface area contributed by atoms with Crippen molar-refractivity contribution in [3.63, 3.8) is 0 Å². The van der Waals surface area contributed by atoms with Crippen molar-refractivity contribution in [1.29, 1.82) is 0 Å². The van der Waals surface area contributed by atoms with Crippen LogP contribution in [-0.4, -0.2) is 21.7 Å². The van der Waals surface area contributed by atoms with Crippen LogP contribution >= 0.6 is 12.2 Å². The van der Waals surface area contributed by atoms with E-state index in [2.05, 4.69) is 4.85 Å². The molecule has 4 rings (SSSR count). The molecule has 1 saturated heterocycles. The highest BCUT2D eigenvalue weighted by Crippen LogP contribution is 2.49. The van der Waals surface area contributed by atoms with E-state index in [0.717, 1.165) is 17.0 Å². The van der Waals surface area contributed by atoms with Gasteiger partial charge in [-0.25, -0.2) is 9.24 Å². The number of phenolic OH excluding ortho intramolecular Hbond substituents is 1. The molecule has 2 fully saturated rings. The van der Waals surface area contributed by atoms with Gasteiger partial charge in [-0.3, -0.25) is 9.69 Å². The number of aromatic hydroxyl groups is 1. The minimum Gasteiger partial charge on any atom is -0.508 e. The summed E-state index contributed by atoms with van der Waals surface area (Å²) in [7, 11) is 0. The molecule has 30 heavy (non-hydrogen) atoms. The van der Waals surface area contributed by atoms with E-state index in [4.69, 9.17) is 18.8 Å². The fourth-order valence-corrected chi connectivity index (χ4v) is 4.31. The molecule has 5 nitrogen and oxygen atoms in total. The van der Waals surface area contributed by atoms with Gasteiger partial charge < -0.3 is 10.0 Å². The van der Waals surface area contributed by atoms with E-state index in [-0.39, 0.29) is 22.2 Å². The number of rotatable bonds is 2. The first-order chi connectivity index (χ1) is 14.1. The predicted molar refractivity (Wildman–Crippen MR) is 105 cm³/mol. The highest BCUT2D eigenvalue weighted by molar-refractivity contribution is 7.81. The largest absolute Gasteiger partial charge is 0.508 e. The van der Waals surface area contributed by atoms with Crippen LogP contribution in [-0.2, 0) is 11.0 Å². The van der Waals surface area contributed by atoms with Crippen molar-refractivity contribution in [3.8, 4) is 5.75 Å². The lowest BCUT2D eigenvalue weighted by Crippen LogP contribution is -2.55. The fraction of sp³-hybridized carbons (Fsp3) is 0.250. The number of hydrogen-bond acceptors (Lipinski definition) is 3. The summed E-state index contributed by atoms with van der Waals surface area (Å²) < 4.78 is 54.8. The monoisotopic (exact) mass is 435 g/mol. The third-order valence-electron chi connectivity index (χ3n) is 5.43. The number of nitrogens with zero attached hydrogens (tertiary/aromatic N) is 3. The van der Waals surface area contributed by atoms with E-state index >= 15 is 0 Å². The molecule has 0 aromatic heterocycles. The third-order valence-corrected chi connectivity index (χ3v) is 5.79. The Kier molecular flexibility index (Phi) is 4.47. The van der Waals surface area contributed by atoms with Crippen molar-refractivity contribution in [1.82, 2.24) is 0 Å². The molecule has 2 aromatic carbocycles. The molecule has 2 aliphatic rings. The topological polar surface area (TPSA) is 48.1 Å². The maximum absolute atomic E-state index is 14.6. The standard InChI is InChI=1S/C20H13F4N3O2S/c1-25-15-5-3-11(9-13(15)20(22,23)24)26-17(29)19(7-2-8-19)27(18(26)30)16-6-4-12(28)10-14(16)21/h3-6,9-10,28H,2,7-8H2. The first-order valence-corrected chi connectivity index (χ1v) is 9.27. The van der Waals surface area contributed by atoms with Crippen LogP contribution in [0.15, 0.2) is 36.4 Å². The summed E-state index contributed by atoms with van der Waals surface area (Å²) in [6.45, 7) is 6.96. The Bertz CT molecular complexity index is 1120. The van der Waals surface area contributed by atoms with Gasteiger partial charge in [0, 0.05) is 11.8 Å². The average molecular weight is 435 g/mol. The van der Waals surface area contributed by atoms with Crippen molar-refractivity contribution in [3.05, 3.63) is 59.2 Å². The van der Waals surface area contributed by atoms with E-state index in [0.29, 0.717) is 25.3 Å². The van der Waals surface area contributed by atoms with Crippen LogP contribution in [0.1, 0.15) is 24.8 Å². The number of carbonyl (C=O) groups is 1. The lowest BCUT2D eigenvalue weighted by molar-refractivity contribution is -0.136. The molecule has 1 N–H and O–H groups in total. The number of amides is 1. The minimum atomic E-state index is -4.79. The summed E-state index contributed by atoms with van der Waals surface area (Å²) in [6, 6.07) is 6.31. The van der Waals surface area contributed by atoms with Gasteiger partial charge in [-0.05, 0) is 55.7 Å². The van der Waals surface area contributed by atoms with Gasteiger partial charge in [-0.1, -0.05) is 6.07 Å². The van der Waals surface area contributed by atoms with Gasteiger partial charge in [0.25, 0.3) is 5.91 Å². The van der Waals surface area contributed by atoms with Crippen LogP contribution in [0.5, 0.6) is 5.75 Å². The number of halogens is 4. The van der Waals surface area contributed by atoms with Gasteiger partial charge in [0.1, 0.15) is 11.3 Å². The second kappa shape index (κ2) is 6.67. The zero-order valence-electron chi connectivity index (χ0n) is 15.2. The first kappa shape index (κ1) is 20.1. The zero-order valence-corrected chi connectivity index (χ0v) is 16.0. The van der Waals surface area contributed by atoms with Crippen molar-refractivity contribution < 1.29 is 27.5 Å². The summed E-state index contributed by atoms with van der Waals surface area (Å²) in [5.74, 6) is -1.66. The van der Waals surface area contributed by atoms with Gasteiger partial charge in [-0.15, -0.1) is 0 Å². The highest BCUT2D eigenvalue weighted by Gasteiger charge is 2.60. The Morgan fingerprint density at radius 1 is 1.17 bits per heavy atom. The maximum Gasteiger partial charge on any atom is 0.407 e. The van der Waals surface area contributed by atoms with Crippen molar-refractivity contribution in [2.75, 3.05) is 9.80 Å².